The maximum absolute atomic E-state index is 12.1. The van der Waals surface area contributed by atoms with Crippen LogP contribution in [0, 0.1) is 0 Å². The summed E-state index contributed by atoms with van der Waals surface area (Å²) in [6, 6.07) is 5.23. The van der Waals surface area contributed by atoms with Crippen molar-refractivity contribution in [3.05, 3.63) is 29.8 Å². The third-order valence-corrected chi connectivity index (χ3v) is 4.53. The molecule has 0 aliphatic rings. The monoisotopic (exact) mass is 389 g/mol. The molecule has 1 aromatic heterocycles. The number of aromatic nitrogens is 2. The van der Waals surface area contributed by atoms with Crippen LogP contribution in [0.25, 0.3) is 0 Å². The number of carbonyl (C=O) groups excluding carboxylic acids is 2. The Hall–Kier alpha value is -2.27. The van der Waals surface area contributed by atoms with Gasteiger partial charge in [-0.15, -0.1) is 10.2 Å². The fourth-order valence-electron chi connectivity index (χ4n) is 1.60. The second kappa shape index (κ2) is 9.28. The minimum absolute atomic E-state index is 0.0416. The first-order chi connectivity index (χ1) is 12.0. The molecule has 2 aromatic rings. The van der Waals surface area contributed by atoms with Crippen LogP contribution in [-0.2, 0) is 9.53 Å². The van der Waals surface area contributed by atoms with Gasteiger partial charge in [-0.05, 0) is 31.2 Å². The van der Waals surface area contributed by atoms with Gasteiger partial charge in [-0.3, -0.25) is 14.9 Å². The number of esters is 1. The number of thioether (sulfide) groups is 1. The van der Waals surface area contributed by atoms with E-state index < -0.39 is 12.5 Å². The third-order valence-electron chi connectivity index (χ3n) is 2.59. The lowest BCUT2D eigenvalue weighted by Crippen LogP contribution is -2.11. The molecule has 0 aliphatic heterocycles. The molecule has 0 spiro atoms. The van der Waals surface area contributed by atoms with Gasteiger partial charge in [0.2, 0.25) is 5.13 Å². The van der Waals surface area contributed by atoms with Crippen molar-refractivity contribution in [2.24, 2.45) is 0 Å². The maximum atomic E-state index is 12.1. The third kappa shape index (κ3) is 6.27. The van der Waals surface area contributed by atoms with E-state index in [1.807, 2.05) is 0 Å². The first kappa shape index (κ1) is 19.1. The SMILES string of the molecule is CCOC(=O)CSc1nnc(NC(=O)c2ccc(OC(F)F)cc2)s1. The summed E-state index contributed by atoms with van der Waals surface area (Å²) in [6.45, 7) is -0.905. The van der Waals surface area contributed by atoms with Crippen LogP contribution in [0.3, 0.4) is 0 Å². The number of hydrogen-bond donors (Lipinski definition) is 1. The number of anilines is 1. The summed E-state index contributed by atoms with van der Waals surface area (Å²) in [6.07, 6.45) is 0. The molecular formula is C14H13F2N3O4S2. The topological polar surface area (TPSA) is 90.4 Å². The largest absolute Gasteiger partial charge is 0.465 e. The number of nitrogens with zero attached hydrogens (tertiary/aromatic N) is 2. The quantitative estimate of drug-likeness (QED) is 0.422. The molecule has 1 N–H and O–H groups in total. The first-order valence-electron chi connectivity index (χ1n) is 6.96. The van der Waals surface area contributed by atoms with E-state index in [-0.39, 0.29) is 28.2 Å². The van der Waals surface area contributed by atoms with Crippen LogP contribution in [0.4, 0.5) is 13.9 Å². The van der Waals surface area contributed by atoms with E-state index in [1.54, 1.807) is 6.92 Å². The zero-order valence-electron chi connectivity index (χ0n) is 12.9. The molecule has 0 atom stereocenters. The number of alkyl halides is 2. The molecule has 1 heterocycles. The predicted octanol–water partition coefficient (Wildman–Crippen LogP) is 3.05. The Bertz CT molecular complexity index is 725. The van der Waals surface area contributed by atoms with Gasteiger partial charge in [0.05, 0.1) is 12.4 Å². The highest BCUT2D eigenvalue weighted by atomic mass is 32.2. The number of carbonyl (C=O) groups is 2. The zero-order chi connectivity index (χ0) is 18.2. The van der Waals surface area contributed by atoms with E-state index in [0.29, 0.717) is 10.9 Å². The molecule has 11 heteroatoms. The van der Waals surface area contributed by atoms with Gasteiger partial charge in [0.1, 0.15) is 5.75 Å². The van der Waals surface area contributed by atoms with Crippen molar-refractivity contribution in [1.29, 1.82) is 0 Å². The van der Waals surface area contributed by atoms with Crippen molar-refractivity contribution in [3.8, 4) is 5.75 Å². The smallest absolute Gasteiger partial charge is 0.387 e. The van der Waals surface area contributed by atoms with Crippen LogP contribution in [-0.4, -0.2) is 41.0 Å². The summed E-state index contributed by atoms with van der Waals surface area (Å²) in [5.41, 5.74) is 0.248. The number of benzene rings is 1. The van der Waals surface area contributed by atoms with Crippen molar-refractivity contribution >= 4 is 40.1 Å². The minimum atomic E-state index is -2.92. The predicted molar refractivity (Wildman–Crippen MR) is 88.3 cm³/mol. The lowest BCUT2D eigenvalue weighted by Gasteiger charge is -2.05. The van der Waals surface area contributed by atoms with E-state index in [9.17, 15) is 18.4 Å². The Morgan fingerprint density at radius 2 is 2.00 bits per heavy atom. The Labute approximate surface area is 149 Å². The highest BCUT2D eigenvalue weighted by molar-refractivity contribution is 8.01. The second-order valence-corrected chi connectivity index (χ2v) is 6.52. The van der Waals surface area contributed by atoms with E-state index in [2.05, 4.69) is 20.3 Å². The minimum Gasteiger partial charge on any atom is -0.465 e. The Kier molecular flexibility index (Phi) is 7.07. The molecule has 0 unspecified atom stereocenters. The number of rotatable bonds is 8. The molecule has 134 valence electrons. The molecule has 0 aliphatic carbocycles. The average Bonchev–Trinajstić information content (AvgIpc) is 3.01. The van der Waals surface area contributed by atoms with Crippen LogP contribution < -0.4 is 10.1 Å². The molecular weight excluding hydrogens is 376 g/mol. The van der Waals surface area contributed by atoms with E-state index >= 15 is 0 Å². The Balaban J connectivity index is 1.89. The number of hydrogen-bond acceptors (Lipinski definition) is 8. The zero-order valence-corrected chi connectivity index (χ0v) is 14.5. The van der Waals surface area contributed by atoms with Crippen molar-refractivity contribution in [1.82, 2.24) is 10.2 Å². The van der Waals surface area contributed by atoms with Gasteiger partial charge in [-0.1, -0.05) is 23.1 Å². The molecule has 1 amide bonds. The summed E-state index contributed by atoms with van der Waals surface area (Å²) >= 11 is 2.26. The van der Waals surface area contributed by atoms with Crippen LogP contribution in [0.15, 0.2) is 28.6 Å². The maximum Gasteiger partial charge on any atom is 0.387 e. The van der Waals surface area contributed by atoms with Crippen LogP contribution in [0.2, 0.25) is 0 Å². The van der Waals surface area contributed by atoms with E-state index in [1.165, 1.54) is 24.3 Å². The van der Waals surface area contributed by atoms with Crippen LogP contribution >= 0.6 is 23.1 Å². The van der Waals surface area contributed by atoms with Crippen LogP contribution in [0.1, 0.15) is 17.3 Å². The standard InChI is InChI=1S/C14H13F2N3O4S2/c1-2-22-10(20)7-24-14-19-18-13(25-14)17-11(21)8-3-5-9(6-4-8)23-12(15)16/h3-6,12H,2,7H2,1H3,(H,17,18,21). The summed E-state index contributed by atoms with van der Waals surface area (Å²) < 4.78 is 33.7. The van der Waals surface area contributed by atoms with E-state index in [0.717, 1.165) is 23.1 Å². The summed E-state index contributed by atoms with van der Waals surface area (Å²) in [4.78, 5) is 23.3. The van der Waals surface area contributed by atoms with Gasteiger partial charge in [-0.25, -0.2) is 0 Å². The molecule has 2 rings (SSSR count). The summed E-state index contributed by atoms with van der Waals surface area (Å²) in [5.74, 6) is -0.775. The van der Waals surface area contributed by atoms with Gasteiger partial charge in [-0.2, -0.15) is 8.78 Å². The number of amides is 1. The average molecular weight is 389 g/mol. The highest BCUT2D eigenvalue weighted by Crippen LogP contribution is 2.26. The van der Waals surface area contributed by atoms with Crippen molar-refractivity contribution in [3.63, 3.8) is 0 Å². The lowest BCUT2D eigenvalue weighted by atomic mass is 10.2. The lowest BCUT2D eigenvalue weighted by molar-refractivity contribution is -0.139. The fourth-order valence-corrected chi connectivity index (χ4v) is 3.14. The first-order valence-corrected chi connectivity index (χ1v) is 8.76. The highest BCUT2D eigenvalue weighted by Gasteiger charge is 2.13. The van der Waals surface area contributed by atoms with Gasteiger partial charge in [0, 0.05) is 5.56 Å². The molecule has 0 saturated carbocycles. The number of nitrogens with one attached hydrogen (secondary N) is 1. The van der Waals surface area contributed by atoms with Crippen molar-refractivity contribution in [2.45, 2.75) is 17.9 Å². The van der Waals surface area contributed by atoms with Gasteiger partial charge >= 0.3 is 12.6 Å². The molecule has 0 bridgehead atoms. The van der Waals surface area contributed by atoms with E-state index in [4.69, 9.17) is 4.74 Å². The molecule has 25 heavy (non-hydrogen) atoms. The second-order valence-electron chi connectivity index (χ2n) is 4.32. The molecule has 0 saturated heterocycles. The normalized spacial score (nSPS) is 10.6. The Morgan fingerprint density at radius 1 is 1.28 bits per heavy atom. The van der Waals surface area contributed by atoms with Crippen molar-refractivity contribution < 1.29 is 27.8 Å². The van der Waals surface area contributed by atoms with Gasteiger partial charge in [0.15, 0.2) is 4.34 Å². The fraction of sp³-hybridized carbons (Fsp3) is 0.286. The molecule has 7 nitrogen and oxygen atoms in total. The molecule has 0 radical (unpaired) electrons. The molecule has 1 aromatic carbocycles. The van der Waals surface area contributed by atoms with Gasteiger partial charge in [0.25, 0.3) is 5.91 Å². The Morgan fingerprint density at radius 3 is 2.64 bits per heavy atom. The van der Waals surface area contributed by atoms with Crippen molar-refractivity contribution in [2.75, 3.05) is 17.7 Å². The van der Waals surface area contributed by atoms with Gasteiger partial charge < -0.3 is 9.47 Å². The van der Waals surface area contributed by atoms with Crippen LogP contribution in [0.5, 0.6) is 5.75 Å². The number of ether oxygens (including phenoxy) is 2. The summed E-state index contributed by atoms with van der Waals surface area (Å²) in [7, 11) is 0. The molecule has 0 fully saturated rings. The summed E-state index contributed by atoms with van der Waals surface area (Å²) in [5, 5.41) is 10.4. The number of halogens is 2.